The maximum absolute atomic E-state index is 13.4. The van der Waals surface area contributed by atoms with Crippen LogP contribution in [0.1, 0.15) is 75.5 Å². The number of nitro groups is 1. The summed E-state index contributed by atoms with van der Waals surface area (Å²) in [6.45, 7) is 7.76. The molecule has 2 aliphatic rings. The number of carboxylic acids is 2. The first-order chi connectivity index (χ1) is 22.0. The average molecular weight is 628 g/mol. The summed E-state index contributed by atoms with van der Waals surface area (Å²) in [4.78, 5) is 39.9. The minimum absolute atomic E-state index is 0.0565. The summed E-state index contributed by atoms with van der Waals surface area (Å²) >= 11 is 0. The number of likely N-dealkylation sites (tertiary alicyclic amines) is 1. The Hall–Kier alpha value is -4.08. The summed E-state index contributed by atoms with van der Waals surface area (Å²) in [5, 5.41) is 36.4. The van der Waals surface area contributed by atoms with E-state index in [0.29, 0.717) is 12.0 Å². The highest BCUT2D eigenvalue weighted by atomic mass is 16.6. The van der Waals surface area contributed by atoms with Crippen LogP contribution in [-0.4, -0.2) is 63.7 Å². The third-order valence-electron chi connectivity index (χ3n) is 11.2. The number of hydrogen-bond donors (Lipinski definition) is 3. The van der Waals surface area contributed by atoms with Crippen LogP contribution in [-0.2, 0) is 15.0 Å². The number of benzene rings is 3. The Morgan fingerprint density at radius 1 is 0.870 bits per heavy atom. The van der Waals surface area contributed by atoms with Gasteiger partial charge in [0, 0.05) is 35.5 Å². The number of piperidine rings is 2. The van der Waals surface area contributed by atoms with Crippen molar-refractivity contribution in [1.29, 1.82) is 0 Å². The van der Waals surface area contributed by atoms with E-state index < -0.39 is 45.7 Å². The van der Waals surface area contributed by atoms with Gasteiger partial charge in [0.1, 0.15) is 0 Å². The summed E-state index contributed by atoms with van der Waals surface area (Å²) in [5.74, 6) is -3.21. The Morgan fingerprint density at radius 2 is 1.46 bits per heavy atom. The van der Waals surface area contributed by atoms with Gasteiger partial charge in [-0.1, -0.05) is 79.2 Å². The van der Waals surface area contributed by atoms with Crippen molar-refractivity contribution in [3.05, 3.63) is 112 Å². The molecule has 5 atom stereocenters. The van der Waals surface area contributed by atoms with Crippen molar-refractivity contribution >= 4 is 17.6 Å². The number of aliphatic carboxylic acids is 2. The van der Waals surface area contributed by atoms with Crippen LogP contribution in [0.5, 0.6) is 0 Å². The number of nitrogens with zero attached hydrogens (tertiary/aromatic N) is 2. The molecule has 9 nitrogen and oxygen atoms in total. The van der Waals surface area contributed by atoms with Gasteiger partial charge in [-0.3, -0.25) is 19.7 Å². The van der Waals surface area contributed by atoms with E-state index >= 15 is 0 Å². The number of nitro benzene ring substituents is 1. The van der Waals surface area contributed by atoms with Gasteiger partial charge in [-0.05, 0) is 82.8 Å². The highest BCUT2D eigenvalue weighted by Gasteiger charge is 2.64. The summed E-state index contributed by atoms with van der Waals surface area (Å²) in [6.07, 6.45) is 3.53. The van der Waals surface area contributed by atoms with Crippen molar-refractivity contribution in [3.63, 3.8) is 0 Å². The zero-order valence-corrected chi connectivity index (χ0v) is 26.9. The van der Waals surface area contributed by atoms with E-state index in [1.165, 1.54) is 29.3 Å². The van der Waals surface area contributed by atoms with E-state index in [1.54, 1.807) is 26.8 Å². The molecule has 0 aromatic heterocycles. The van der Waals surface area contributed by atoms with Crippen molar-refractivity contribution in [2.45, 2.75) is 76.3 Å². The fourth-order valence-corrected chi connectivity index (χ4v) is 8.45. The van der Waals surface area contributed by atoms with Crippen LogP contribution in [0.4, 0.5) is 5.69 Å². The maximum atomic E-state index is 13.4. The van der Waals surface area contributed by atoms with E-state index in [1.807, 2.05) is 12.1 Å². The molecule has 3 aromatic carbocycles. The van der Waals surface area contributed by atoms with Crippen LogP contribution in [0.2, 0.25) is 0 Å². The third-order valence-corrected chi connectivity index (χ3v) is 11.2. The molecule has 0 saturated carbocycles. The minimum Gasteiger partial charge on any atom is -0.481 e. The second-order valence-electron chi connectivity index (χ2n) is 13.4. The monoisotopic (exact) mass is 627 g/mol. The summed E-state index contributed by atoms with van der Waals surface area (Å²) in [6, 6.07) is 26.1. The molecule has 2 saturated heterocycles. The predicted molar refractivity (Wildman–Crippen MR) is 177 cm³/mol. The smallest absolute Gasteiger partial charge is 0.311 e. The summed E-state index contributed by atoms with van der Waals surface area (Å²) in [5.41, 5.74) is -0.236. The molecule has 3 aromatic rings. The standard InChI is InChI=1S/C37H45N3O6/c1-26-35(3,33(41)42)32(28-13-12-18-31(25-28)40(45)46)37(34(43)44,27(2)38-26)19-10-11-22-39-23-20-36(21-24-39,29-14-6-4-7-15-29)30-16-8-5-9-17-30/h4-9,12-18,25-27,32,38H,10-11,19-24H2,1-3H3,(H,41,42)(H,43,44). The molecule has 5 unspecified atom stereocenters. The molecule has 0 bridgehead atoms. The van der Waals surface area contributed by atoms with Crippen molar-refractivity contribution in [2.24, 2.45) is 10.8 Å². The molecule has 0 amide bonds. The van der Waals surface area contributed by atoms with Crippen molar-refractivity contribution < 1.29 is 24.7 Å². The molecular weight excluding hydrogens is 582 g/mol. The molecule has 2 fully saturated rings. The Kier molecular flexibility index (Phi) is 9.65. The minimum atomic E-state index is -1.52. The second-order valence-corrected chi connectivity index (χ2v) is 13.4. The molecule has 0 aliphatic carbocycles. The lowest BCUT2D eigenvalue weighted by Crippen LogP contribution is -2.68. The number of rotatable bonds is 11. The normalized spacial score (nSPS) is 27.9. The first kappa shape index (κ1) is 33.3. The molecule has 3 N–H and O–H groups in total. The van der Waals surface area contributed by atoms with Crippen LogP contribution < -0.4 is 5.32 Å². The van der Waals surface area contributed by atoms with Gasteiger partial charge in [0.25, 0.3) is 5.69 Å². The number of unbranched alkanes of at least 4 members (excludes halogenated alkanes) is 1. The Bertz CT molecular complexity index is 1500. The number of non-ortho nitro benzene ring substituents is 1. The van der Waals surface area contributed by atoms with Crippen LogP contribution in [0.3, 0.4) is 0 Å². The Balaban J connectivity index is 1.35. The zero-order valence-electron chi connectivity index (χ0n) is 26.9. The number of hydrogen-bond acceptors (Lipinski definition) is 6. The topological polar surface area (TPSA) is 133 Å². The Morgan fingerprint density at radius 3 is 1.98 bits per heavy atom. The lowest BCUT2D eigenvalue weighted by Gasteiger charge is -2.56. The molecule has 46 heavy (non-hydrogen) atoms. The van der Waals surface area contributed by atoms with E-state index in [-0.39, 0.29) is 17.5 Å². The van der Waals surface area contributed by atoms with Crippen molar-refractivity contribution in [3.8, 4) is 0 Å². The third kappa shape index (κ3) is 5.82. The zero-order chi connectivity index (χ0) is 33.1. The van der Waals surface area contributed by atoms with Gasteiger partial charge in [0.15, 0.2) is 0 Å². The maximum Gasteiger partial charge on any atom is 0.311 e. The van der Waals surface area contributed by atoms with Gasteiger partial charge < -0.3 is 20.4 Å². The van der Waals surface area contributed by atoms with Crippen molar-refractivity contribution in [2.75, 3.05) is 19.6 Å². The lowest BCUT2D eigenvalue weighted by molar-refractivity contribution is -0.385. The highest BCUT2D eigenvalue weighted by molar-refractivity contribution is 5.84. The first-order valence-electron chi connectivity index (χ1n) is 16.3. The number of nitrogens with one attached hydrogen (secondary N) is 1. The molecule has 2 aliphatic heterocycles. The van der Waals surface area contributed by atoms with Gasteiger partial charge in [-0.2, -0.15) is 0 Å². The van der Waals surface area contributed by atoms with E-state index in [9.17, 15) is 29.9 Å². The molecule has 9 heteroatoms. The van der Waals surface area contributed by atoms with E-state index in [0.717, 1.165) is 38.9 Å². The Labute approximate surface area is 270 Å². The largest absolute Gasteiger partial charge is 0.481 e. The van der Waals surface area contributed by atoms with Crippen molar-refractivity contribution in [1.82, 2.24) is 10.2 Å². The van der Waals surface area contributed by atoms with Crippen LogP contribution in [0, 0.1) is 20.9 Å². The van der Waals surface area contributed by atoms with Gasteiger partial charge >= 0.3 is 11.9 Å². The lowest BCUT2D eigenvalue weighted by atomic mass is 9.51. The second kappa shape index (κ2) is 13.3. The molecule has 2 heterocycles. The van der Waals surface area contributed by atoms with Gasteiger partial charge in [0.05, 0.1) is 15.8 Å². The van der Waals surface area contributed by atoms with E-state index in [2.05, 4.69) is 58.7 Å². The van der Waals surface area contributed by atoms with Gasteiger partial charge in [0.2, 0.25) is 0 Å². The average Bonchev–Trinajstić information content (AvgIpc) is 3.06. The SMILES string of the molecule is CC1NC(C)C(CCCCN2CCC(c3ccccc3)(c3ccccc3)CC2)(C(=O)O)C(c2cccc([N+](=O)[O-])c2)C1(C)C(=O)O. The summed E-state index contributed by atoms with van der Waals surface area (Å²) in [7, 11) is 0. The fraction of sp³-hybridized carbons (Fsp3) is 0.459. The van der Waals surface area contributed by atoms with E-state index in [4.69, 9.17) is 0 Å². The predicted octanol–water partition coefficient (Wildman–Crippen LogP) is 6.47. The fourth-order valence-electron chi connectivity index (χ4n) is 8.45. The van der Waals surface area contributed by atoms with Gasteiger partial charge in [-0.25, -0.2) is 0 Å². The summed E-state index contributed by atoms with van der Waals surface area (Å²) < 4.78 is 0. The van der Waals surface area contributed by atoms with Crippen LogP contribution in [0.25, 0.3) is 0 Å². The quantitative estimate of drug-likeness (QED) is 0.125. The van der Waals surface area contributed by atoms with Crippen LogP contribution >= 0.6 is 0 Å². The molecule has 244 valence electrons. The number of carbonyl (C=O) groups is 2. The van der Waals surface area contributed by atoms with Crippen LogP contribution in [0.15, 0.2) is 84.9 Å². The molecule has 5 rings (SSSR count). The molecular formula is C37H45N3O6. The first-order valence-corrected chi connectivity index (χ1v) is 16.3. The van der Waals surface area contributed by atoms with Gasteiger partial charge in [-0.15, -0.1) is 0 Å². The highest BCUT2D eigenvalue weighted by Crippen LogP contribution is 2.57. The molecule has 0 radical (unpaired) electrons. The molecule has 0 spiro atoms. The number of carboxylic acid groups (broad SMARTS) is 2.